The molecule has 1 heterocycles. The quantitative estimate of drug-likeness (QED) is 0.886. The second-order valence-corrected chi connectivity index (χ2v) is 6.03. The molecule has 6 nitrogen and oxygen atoms in total. The fraction of sp³-hybridized carbons (Fsp3) is 0.529. The first-order valence-electron chi connectivity index (χ1n) is 8.04. The van der Waals surface area contributed by atoms with Gasteiger partial charge in [0, 0.05) is 6.54 Å². The van der Waals surface area contributed by atoms with Gasteiger partial charge in [-0.25, -0.2) is 0 Å². The molecule has 1 amide bonds. The fourth-order valence-electron chi connectivity index (χ4n) is 3.26. The van der Waals surface area contributed by atoms with Crippen LogP contribution in [-0.2, 0) is 16.1 Å². The lowest BCUT2D eigenvalue weighted by Crippen LogP contribution is -2.39. The van der Waals surface area contributed by atoms with Crippen LogP contribution in [0.5, 0.6) is 11.5 Å². The molecule has 0 radical (unpaired) electrons. The van der Waals surface area contributed by atoms with Gasteiger partial charge in [0.1, 0.15) is 13.2 Å². The molecular weight excluding hydrogens is 298 g/mol. The van der Waals surface area contributed by atoms with E-state index in [4.69, 9.17) is 9.47 Å². The molecule has 1 aliphatic heterocycles. The minimum atomic E-state index is -0.871. The lowest BCUT2D eigenvalue weighted by molar-refractivity contribution is -0.148. The van der Waals surface area contributed by atoms with Crippen molar-refractivity contribution >= 4 is 11.9 Å². The Morgan fingerprint density at radius 1 is 1.09 bits per heavy atom. The maximum absolute atomic E-state index is 12.3. The highest BCUT2D eigenvalue weighted by Crippen LogP contribution is 2.32. The lowest BCUT2D eigenvalue weighted by Gasteiger charge is -2.27. The number of amides is 1. The molecule has 2 atom stereocenters. The number of nitrogens with one attached hydrogen (secondary N) is 1. The van der Waals surface area contributed by atoms with E-state index in [9.17, 15) is 14.7 Å². The fourth-order valence-corrected chi connectivity index (χ4v) is 3.26. The number of aliphatic carboxylic acids is 1. The normalized spacial score (nSPS) is 23.1. The third-order valence-electron chi connectivity index (χ3n) is 4.49. The molecule has 0 bridgehead atoms. The van der Waals surface area contributed by atoms with Gasteiger partial charge in [-0.2, -0.15) is 0 Å². The van der Waals surface area contributed by atoms with Crippen LogP contribution in [0.2, 0.25) is 0 Å². The van der Waals surface area contributed by atoms with Crippen molar-refractivity contribution < 1.29 is 24.2 Å². The molecule has 2 unspecified atom stereocenters. The van der Waals surface area contributed by atoms with Gasteiger partial charge < -0.3 is 19.9 Å². The van der Waals surface area contributed by atoms with Crippen molar-refractivity contribution in [1.29, 1.82) is 0 Å². The van der Waals surface area contributed by atoms with Crippen LogP contribution >= 0.6 is 0 Å². The van der Waals surface area contributed by atoms with Gasteiger partial charge in [-0.1, -0.05) is 18.9 Å². The van der Waals surface area contributed by atoms with Crippen molar-refractivity contribution in [3.05, 3.63) is 23.8 Å². The molecule has 23 heavy (non-hydrogen) atoms. The number of carbonyl (C=O) groups excluding carboxylic acids is 1. The number of hydrogen-bond acceptors (Lipinski definition) is 4. The van der Waals surface area contributed by atoms with E-state index in [2.05, 4.69) is 5.32 Å². The van der Waals surface area contributed by atoms with Gasteiger partial charge in [-0.05, 0) is 30.5 Å². The number of carboxylic acids is 1. The lowest BCUT2D eigenvalue weighted by atomic mass is 9.78. The highest BCUT2D eigenvalue weighted by molar-refractivity contribution is 5.84. The number of rotatable bonds is 4. The molecule has 1 aromatic carbocycles. The third-order valence-corrected chi connectivity index (χ3v) is 4.49. The van der Waals surface area contributed by atoms with E-state index in [0.717, 1.165) is 18.4 Å². The number of ether oxygens (including phenoxy) is 2. The van der Waals surface area contributed by atoms with Crippen molar-refractivity contribution in [1.82, 2.24) is 5.32 Å². The summed E-state index contributed by atoms with van der Waals surface area (Å²) in [6.07, 6.45) is 3.01. The predicted molar refractivity (Wildman–Crippen MR) is 82.4 cm³/mol. The van der Waals surface area contributed by atoms with Gasteiger partial charge >= 0.3 is 5.97 Å². The maximum Gasteiger partial charge on any atom is 0.307 e. The third kappa shape index (κ3) is 3.57. The molecular formula is C17H21NO5. The SMILES string of the molecule is O=C(O)C1CCCCC1C(=O)NCc1ccc2c(c1)OCCO2. The Bertz CT molecular complexity index is 601. The summed E-state index contributed by atoms with van der Waals surface area (Å²) >= 11 is 0. The molecule has 124 valence electrons. The molecule has 1 fully saturated rings. The molecule has 6 heteroatoms. The Kier molecular flexibility index (Phi) is 4.69. The van der Waals surface area contributed by atoms with E-state index < -0.39 is 17.8 Å². The first-order valence-corrected chi connectivity index (χ1v) is 8.04. The zero-order valence-electron chi connectivity index (χ0n) is 12.9. The molecule has 0 spiro atoms. The first-order chi connectivity index (χ1) is 11.1. The highest BCUT2D eigenvalue weighted by atomic mass is 16.6. The summed E-state index contributed by atoms with van der Waals surface area (Å²) in [5, 5.41) is 12.1. The minimum Gasteiger partial charge on any atom is -0.486 e. The Morgan fingerprint density at radius 3 is 2.52 bits per heavy atom. The zero-order chi connectivity index (χ0) is 16.2. The van der Waals surface area contributed by atoms with Crippen LogP contribution < -0.4 is 14.8 Å². The Labute approximate surface area is 134 Å². The number of carboxylic acid groups (broad SMARTS) is 1. The Balaban J connectivity index is 1.61. The maximum atomic E-state index is 12.3. The summed E-state index contributed by atoms with van der Waals surface area (Å²) < 4.78 is 11.0. The smallest absolute Gasteiger partial charge is 0.307 e. The van der Waals surface area contributed by atoms with Crippen molar-refractivity contribution in [3.8, 4) is 11.5 Å². The van der Waals surface area contributed by atoms with Gasteiger partial charge in [0.2, 0.25) is 5.91 Å². The Morgan fingerprint density at radius 2 is 1.78 bits per heavy atom. The number of hydrogen-bond donors (Lipinski definition) is 2. The molecule has 1 aromatic rings. The van der Waals surface area contributed by atoms with E-state index >= 15 is 0 Å². The molecule has 2 aliphatic rings. The second kappa shape index (κ2) is 6.89. The van der Waals surface area contributed by atoms with Crippen LogP contribution in [0.25, 0.3) is 0 Å². The molecule has 1 saturated carbocycles. The number of fused-ring (bicyclic) bond motifs is 1. The highest BCUT2D eigenvalue weighted by Gasteiger charge is 2.35. The van der Waals surface area contributed by atoms with Crippen molar-refractivity contribution in [3.63, 3.8) is 0 Å². The number of benzene rings is 1. The molecule has 0 aromatic heterocycles. The second-order valence-electron chi connectivity index (χ2n) is 6.03. The van der Waals surface area contributed by atoms with Crippen LogP contribution in [0.3, 0.4) is 0 Å². The van der Waals surface area contributed by atoms with E-state index in [1.165, 1.54) is 0 Å². The average molecular weight is 319 g/mol. The summed E-state index contributed by atoms with van der Waals surface area (Å²) in [4.78, 5) is 23.6. The van der Waals surface area contributed by atoms with Crippen molar-refractivity contribution in [2.45, 2.75) is 32.2 Å². The summed E-state index contributed by atoms with van der Waals surface area (Å²) in [5.74, 6) is -0.646. The zero-order valence-corrected chi connectivity index (χ0v) is 12.9. The molecule has 2 N–H and O–H groups in total. The Hall–Kier alpha value is -2.24. The van der Waals surface area contributed by atoms with Crippen LogP contribution in [0.4, 0.5) is 0 Å². The van der Waals surface area contributed by atoms with Crippen molar-refractivity contribution in [2.24, 2.45) is 11.8 Å². The monoisotopic (exact) mass is 319 g/mol. The minimum absolute atomic E-state index is 0.174. The van der Waals surface area contributed by atoms with Gasteiger partial charge in [-0.15, -0.1) is 0 Å². The summed E-state index contributed by atoms with van der Waals surface area (Å²) in [6.45, 7) is 1.42. The predicted octanol–water partition coefficient (Wildman–Crippen LogP) is 1.96. The standard InChI is InChI=1S/C17H21NO5/c19-16(12-3-1-2-4-13(12)17(20)21)18-10-11-5-6-14-15(9-11)23-8-7-22-14/h5-6,9,12-13H,1-4,7-8,10H2,(H,18,19)(H,20,21). The van der Waals surface area contributed by atoms with Gasteiger partial charge in [0.15, 0.2) is 11.5 Å². The number of carbonyl (C=O) groups is 2. The molecule has 0 saturated heterocycles. The summed E-state index contributed by atoms with van der Waals surface area (Å²) in [5.41, 5.74) is 0.908. The van der Waals surface area contributed by atoms with Crippen molar-refractivity contribution in [2.75, 3.05) is 13.2 Å². The van der Waals surface area contributed by atoms with Crippen LogP contribution in [0.15, 0.2) is 18.2 Å². The van der Waals surface area contributed by atoms with Crippen LogP contribution in [0, 0.1) is 11.8 Å². The summed E-state index contributed by atoms with van der Waals surface area (Å²) in [6, 6.07) is 5.56. The average Bonchev–Trinajstić information content (AvgIpc) is 2.59. The van der Waals surface area contributed by atoms with Gasteiger partial charge in [-0.3, -0.25) is 9.59 Å². The van der Waals surface area contributed by atoms with Gasteiger partial charge in [0.25, 0.3) is 0 Å². The molecule has 1 aliphatic carbocycles. The van der Waals surface area contributed by atoms with E-state index in [0.29, 0.717) is 44.1 Å². The topological polar surface area (TPSA) is 84.9 Å². The van der Waals surface area contributed by atoms with Crippen LogP contribution in [0.1, 0.15) is 31.2 Å². The van der Waals surface area contributed by atoms with Gasteiger partial charge in [0.05, 0.1) is 11.8 Å². The first kappa shape index (κ1) is 15.6. The molecule has 3 rings (SSSR count). The summed E-state index contributed by atoms with van der Waals surface area (Å²) in [7, 11) is 0. The largest absolute Gasteiger partial charge is 0.486 e. The van der Waals surface area contributed by atoms with Crippen LogP contribution in [-0.4, -0.2) is 30.2 Å². The van der Waals surface area contributed by atoms with E-state index in [-0.39, 0.29) is 5.91 Å². The van der Waals surface area contributed by atoms with E-state index in [1.807, 2.05) is 18.2 Å². The van der Waals surface area contributed by atoms with E-state index in [1.54, 1.807) is 0 Å².